The molecule has 4 fully saturated rings. The van der Waals surface area contributed by atoms with Crippen LogP contribution in [-0.4, -0.2) is 136 Å². The molecule has 0 spiro atoms. The smallest absolute Gasteiger partial charge is 0.252 e. The van der Waals surface area contributed by atoms with Gasteiger partial charge in [-0.15, -0.1) is 0 Å². The van der Waals surface area contributed by atoms with Crippen molar-refractivity contribution in [2.45, 2.75) is 109 Å². The number of hydrogen-bond acceptors (Lipinski definition) is 12. The number of nitrogens with one attached hydrogen (secondary N) is 2. The van der Waals surface area contributed by atoms with Crippen molar-refractivity contribution < 1.29 is 36.9 Å². The number of nitrogens with zero attached hydrogens (tertiary/aromatic N) is 6. The molecule has 4 aromatic rings. The second kappa shape index (κ2) is 20.6. The molecule has 16 heteroatoms. The van der Waals surface area contributed by atoms with Crippen LogP contribution in [0.4, 0.5) is 20.4 Å². The molecule has 2 atom stereocenters. The molecule has 344 valence electrons. The van der Waals surface area contributed by atoms with Crippen molar-refractivity contribution in [2.24, 2.45) is 11.8 Å². The van der Waals surface area contributed by atoms with Gasteiger partial charge in [-0.3, -0.25) is 19.4 Å². The van der Waals surface area contributed by atoms with E-state index in [1.54, 1.807) is 13.8 Å². The Morgan fingerprint density at radius 1 is 0.667 bits per heavy atom. The van der Waals surface area contributed by atoms with Gasteiger partial charge in [0.1, 0.15) is 17.7 Å². The topological polar surface area (TPSA) is 142 Å². The number of aryl methyl sites for hydroxylation is 2. The molecule has 0 radical (unpaired) electrons. The molecule has 2 aliphatic carbocycles. The third-order valence-corrected chi connectivity index (χ3v) is 14.5. The predicted octanol–water partition coefficient (Wildman–Crippen LogP) is 6.36. The van der Waals surface area contributed by atoms with E-state index in [1.807, 2.05) is 12.1 Å². The van der Waals surface area contributed by atoms with Gasteiger partial charge in [0.15, 0.2) is 28.9 Å². The Hall–Kier alpha value is -4.38. The molecule has 2 aromatic carbocycles. The average Bonchev–Trinajstić information content (AvgIpc) is 3.89. The highest BCUT2D eigenvalue weighted by Crippen LogP contribution is 2.33. The van der Waals surface area contributed by atoms with E-state index in [9.17, 15) is 18.4 Å². The lowest BCUT2D eigenvalue weighted by atomic mass is 9.83. The SMILES string of the molecule is COC(CC(=O)NC1CCC(CCN2CCN(c3noc4cc(F)c(C)cc34)CC2)CC1)C(OC)C(=O)NC1CCC(CCN2CCN(c3noc4cc(F)c(C)cc34)CC2)CC1. The van der Waals surface area contributed by atoms with Gasteiger partial charge in [-0.25, -0.2) is 8.78 Å². The molecule has 2 saturated carbocycles. The first-order valence-electron chi connectivity index (χ1n) is 23.3. The summed E-state index contributed by atoms with van der Waals surface area (Å²) < 4.78 is 50.2. The molecule has 2 N–H and O–H groups in total. The fourth-order valence-electron chi connectivity index (χ4n) is 10.3. The second-order valence-electron chi connectivity index (χ2n) is 18.6. The maximum absolute atomic E-state index is 14.0. The number of piperazine rings is 2. The fraction of sp³-hybridized carbons (Fsp3) is 0.660. The van der Waals surface area contributed by atoms with Crippen molar-refractivity contribution >= 4 is 45.4 Å². The third kappa shape index (κ3) is 10.9. The van der Waals surface area contributed by atoms with Crippen LogP contribution in [0.1, 0.15) is 81.8 Å². The van der Waals surface area contributed by atoms with Crippen LogP contribution >= 0.6 is 0 Å². The minimum absolute atomic E-state index is 0.0603. The van der Waals surface area contributed by atoms with E-state index in [-0.39, 0.29) is 42.0 Å². The number of aromatic nitrogens is 2. The fourth-order valence-corrected chi connectivity index (χ4v) is 10.3. The summed E-state index contributed by atoms with van der Waals surface area (Å²) in [5.41, 5.74) is 2.15. The van der Waals surface area contributed by atoms with Crippen LogP contribution in [0.25, 0.3) is 21.9 Å². The lowest BCUT2D eigenvalue weighted by Crippen LogP contribution is -2.50. The monoisotopic (exact) mass is 877 g/mol. The molecule has 8 rings (SSSR count). The number of fused-ring (bicyclic) bond motifs is 2. The second-order valence-corrected chi connectivity index (χ2v) is 18.6. The minimum Gasteiger partial charge on any atom is -0.378 e. The van der Waals surface area contributed by atoms with Crippen LogP contribution in [0.5, 0.6) is 0 Å². The van der Waals surface area contributed by atoms with Gasteiger partial charge in [0.2, 0.25) is 5.91 Å². The van der Waals surface area contributed by atoms with E-state index in [1.165, 1.54) is 26.4 Å². The quantitative estimate of drug-likeness (QED) is 0.130. The number of hydrogen-bond donors (Lipinski definition) is 2. The molecular formula is C47H66F2N8O6. The zero-order valence-electron chi connectivity index (χ0n) is 37.5. The summed E-state index contributed by atoms with van der Waals surface area (Å²) in [4.78, 5) is 36.2. The number of carbonyl (C=O) groups excluding carboxylic acids is 2. The highest BCUT2D eigenvalue weighted by Gasteiger charge is 2.34. The van der Waals surface area contributed by atoms with E-state index in [4.69, 9.17) is 18.5 Å². The normalized spacial score (nSPS) is 23.9. The van der Waals surface area contributed by atoms with Crippen molar-refractivity contribution in [2.75, 3.05) is 89.5 Å². The Labute approximate surface area is 369 Å². The van der Waals surface area contributed by atoms with Crippen molar-refractivity contribution in [1.82, 2.24) is 30.7 Å². The maximum atomic E-state index is 14.0. The van der Waals surface area contributed by atoms with E-state index in [0.717, 1.165) is 152 Å². The molecule has 2 unspecified atom stereocenters. The first-order chi connectivity index (χ1) is 30.5. The van der Waals surface area contributed by atoms with Crippen LogP contribution in [0.15, 0.2) is 33.3 Å². The molecular weight excluding hydrogens is 811 g/mol. The summed E-state index contributed by atoms with van der Waals surface area (Å²) in [7, 11) is 3.04. The number of methoxy groups -OCH3 is 2. The lowest BCUT2D eigenvalue weighted by Gasteiger charge is -2.36. The number of anilines is 2. The standard InChI is InChI=1S/C47H66F2N8O6/c1-30-25-36-40(27-38(30)48)62-52-45(36)56-21-17-54(18-22-56)15-13-32-5-9-34(10-6-32)50-43(58)29-42(60-3)44(61-4)47(59)51-35-11-7-33(8-12-35)14-16-55-19-23-57(24-20-55)46-37-26-31(2)39(49)28-41(37)63-53-46/h25-28,32-35,42,44H,5-24,29H2,1-4H3,(H,50,58)(H,51,59). The molecule has 2 aromatic heterocycles. The van der Waals surface area contributed by atoms with E-state index in [0.29, 0.717) is 34.1 Å². The first kappa shape index (κ1) is 45.2. The van der Waals surface area contributed by atoms with E-state index < -0.39 is 12.2 Å². The molecule has 4 heterocycles. The van der Waals surface area contributed by atoms with Gasteiger partial charge in [-0.2, -0.15) is 0 Å². The Morgan fingerprint density at radius 2 is 1.11 bits per heavy atom. The minimum atomic E-state index is -0.876. The molecule has 14 nitrogen and oxygen atoms in total. The number of amides is 2. The molecule has 2 amide bonds. The Bertz CT molecular complexity index is 2150. The van der Waals surface area contributed by atoms with Crippen molar-refractivity contribution in [1.29, 1.82) is 0 Å². The van der Waals surface area contributed by atoms with Gasteiger partial charge in [0.05, 0.1) is 17.2 Å². The number of halogens is 2. The summed E-state index contributed by atoms with van der Waals surface area (Å²) in [5.74, 6) is 1.95. The largest absolute Gasteiger partial charge is 0.378 e. The number of rotatable bonds is 16. The van der Waals surface area contributed by atoms with E-state index in [2.05, 4.69) is 40.5 Å². The van der Waals surface area contributed by atoms with Crippen LogP contribution in [0, 0.1) is 37.3 Å². The van der Waals surface area contributed by atoms with Crippen LogP contribution < -0.4 is 20.4 Å². The summed E-state index contributed by atoms with van der Waals surface area (Å²) in [6, 6.07) is 6.68. The highest BCUT2D eigenvalue weighted by molar-refractivity contribution is 5.90. The Balaban J connectivity index is 0.689. The zero-order valence-corrected chi connectivity index (χ0v) is 37.5. The molecule has 2 aliphatic heterocycles. The predicted molar refractivity (Wildman–Crippen MR) is 238 cm³/mol. The van der Waals surface area contributed by atoms with Crippen molar-refractivity contribution in [3.8, 4) is 0 Å². The van der Waals surface area contributed by atoms with Gasteiger partial charge in [0, 0.05) is 90.8 Å². The summed E-state index contributed by atoms with van der Waals surface area (Å²) in [6.45, 7) is 12.8. The van der Waals surface area contributed by atoms with Gasteiger partial charge in [-0.05, 0) is 126 Å². The van der Waals surface area contributed by atoms with Gasteiger partial charge in [0.25, 0.3) is 5.91 Å². The molecule has 4 aliphatic rings. The van der Waals surface area contributed by atoms with Gasteiger partial charge >= 0.3 is 0 Å². The maximum Gasteiger partial charge on any atom is 0.252 e. The number of carbonyl (C=O) groups is 2. The van der Waals surface area contributed by atoms with Gasteiger partial charge < -0.3 is 39.0 Å². The van der Waals surface area contributed by atoms with Crippen LogP contribution in [-0.2, 0) is 19.1 Å². The van der Waals surface area contributed by atoms with Crippen LogP contribution in [0.2, 0.25) is 0 Å². The third-order valence-electron chi connectivity index (χ3n) is 14.5. The average molecular weight is 877 g/mol. The van der Waals surface area contributed by atoms with Crippen molar-refractivity contribution in [3.05, 3.63) is 47.0 Å². The van der Waals surface area contributed by atoms with E-state index >= 15 is 0 Å². The van der Waals surface area contributed by atoms with Crippen LogP contribution in [0.3, 0.4) is 0 Å². The Morgan fingerprint density at radius 3 is 1.54 bits per heavy atom. The summed E-state index contributed by atoms with van der Waals surface area (Å²) in [5, 5.41) is 16.7. The lowest BCUT2D eigenvalue weighted by molar-refractivity contribution is -0.143. The highest BCUT2D eigenvalue weighted by atomic mass is 19.1. The van der Waals surface area contributed by atoms with Crippen molar-refractivity contribution in [3.63, 3.8) is 0 Å². The zero-order chi connectivity index (χ0) is 44.0. The molecule has 2 saturated heterocycles. The number of ether oxygens (including phenoxy) is 2. The summed E-state index contributed by atoms with van der Waals surface area (Å²) in [6.07, 6.45) is 8.77. The van der Waals surface area contributed by atoms with Gasteiger partial charge in [-0.1, -0.05) is 10.3 Å². The molecule has 0 bridgehead atoms. The first-order valence-corrected chi connectivity index (χ1v) is 23.3. The number of benzene rings is 2. The summed E-state index contributed by atoms with van der Waals surface area (Å²) >= 11 is 0. The Kier molecular flexibility index (Phi) is 14.8. The molecule has 63 heavy (non-hydrogen) atoms.